The fraction of sp³-hybridized carbons (Fsp3) is 0.486. The maximum atomic E-state index is 17.3. The van der Waals surface area contributed by atoms with Crippen LogP contribution < -0.4 is 20.1 Å². The van der Waals surface area contributed by atoms with E-state index in [1.165, 1.54) is 12.1 Å². The average molecular weight is 723 g/mol. The van der Waals surface area contributed by atoms with Crippen LogP contribution in [0.1, 0.15) is 44.6 Å². The summed E-state index contributed by atoms with van der Waals surface area (Å²) in [5.74, 6) is -0.751. The predicted molar refractivity (Wildman–Crippen MR) is 189 cm³/mol. The van der Waals surface area contributed by atoms with E-state index < -0.39 is 11.6 Å². The number of hydrogen-bond donors (Lipinski definition) is 1. The standard InChI is InChI=1S/C35H37ClF2N8O3S/c1-18(23-7-4-10-43(23)2)49-34-41-29-26-30(27(36)25(28(29)38)20-8-9-22(37)31-24(20)21(16-39)32(40)50-31)48-15-14-46(33(26)42-34)19-6-3-11-45(17-19)35(47)44-12-5-13-44/h8-9,18-19,23H,3-7,10-15,17,40H2,1-2H3/t18-,19?,23-/m0/s1. The summed E-state index contributed by atoms with van der Waals surface area (Å²) in [7, 11) is 2.05. The maximum Gasteiger partial charge on any atom is 0.320 e. The van der Waals surface area contributed by atoms with Gasteiger partial charge in [0.2, 0.25) is 0 Å². The zero-order valence-corrected chi connectivity index (χ0v) is 29.4. The van der Waals surface area contributed by atoms with Crippen molar-refractivity contribution < 1.29 is 23.0 Å². The Hall–Kier alpha value is -4.19. The summed E-state index contributed by atoms with van der Waals surface area (Å²) in [6.45, 7) is 6.18. The van der Waals surface area contributed by atoms with Crippen LogP contribution in [-0.4, -0.2) is 102 Å². The molecule has 0 aliphatic carbocycles. The van der Waals surface area contributed by atoms with E-state index in [0.717, 1.165) is 63.1 Å². The highest BCUT2D eigenvalue weighted by Gasteiger charge is 2.38. The molecule has 6 heterocycles. The number of nitrogen functional groups attached to an aromatic ring is 1. The summed E-state index contributed by atoms with van der Waals surface area (Å²) in [6, 6.07) is 4.72. The Kier molecular flexibility index (Phi) is 8.48. The molecule has 3 saturated heterocycles. The molecule has 3 fully saturated rings. The third-order valence-corrected chi connectivity index (χ3v) is 12.0. The van der Waals surface area contributed by atoms with Gasteiger partial charge in [0.25, 0.3) is 0 Å². The number of nitriles is 1. The molecular weight excluding hydrogens is 686 g/mol. The molecule has 2 aromatic carbocycles. The van der Waals surface area contributed by atoms with Gasteiger partial charge in [-0.3, -0.25) is 4.90 Å². The van der Waals surface area contributed by atoms with Crippen LogP contribution in [0.15, 0.2) is 12.1 Å². The molecule has 8 rings (SSSR count). The smallest absolute Gasteiger partial charge is 0.320 e. The number of nitrogens with two attached hydrogens (primary N) is 1. The van der Waals surface area contributed by atoms with Crippen molar-refractivity contribution in [2.75, 3.05) is 63.6 Å². The number of halogens is 3. The number of rotatable bonds is 5. The van der Waals surface area contributed by atoms with Gasteiger partial charge >= 0.3 is 12.0 Å². The van der Waals surface area contributed by atoms with E-state index in [1.54, 1.807) is 0 Å². The quantitative estimate of drug-likeness (QED) is 0.255. The lowest BCUT2D eigenvalue weighted by molar-refractivity contribution is 0.111. The van der Waals surface area contributed by atoms with Gasteiger partial charge in [-0.15, -0.1) is 11.3 Å². The highest BCUT2D eigenvalue weighted by atomic mass is 35.5. The van der Waals surface area contributed by atoms with Crippen molar-refractivity contribution in [2.45, 2.75) is 57.2 Å². The topological polar surface area (TPSA) is 124 Å². The van der Waals surface area contributed by atoms with E-state index in [9.17, 15) is 10.1 Å². The van der Waals surface area contributed by atoms with Gasteiger partial charge in [0, 0.05) is 49.2 Å². The number of carbonyl (C=O) groups is 1. The van der Waals surface area contributed by atoms with Gasteiger partial charge in [-0.2, -0.15) is 15.2 Å². The van der Waals surface area contributed by atoms with E-state index in [4.69, 9.17) is 31.8 Å². The number of nitrogens with zero attached hydrogens (tertiary/aromatic N) is 7. The van der Waals surface area contributed by atoms with E-state index in [1.807, 2.05) is 16.7 Å². The van der Waals surface area contributed by atoms with Gasteiger partial charge in [0.15, 0.2) is 11.6 Å². The van der Waals surface area contributed by atoms with Crippen molar-refractivity contribution in [3.63, 3.8) is 0 Å². The van der Waals surface area contributed by atoms with Crippen LogP contribution in [0.2, 0.25) is 5.02 Å². The van der Waals surface area contributed by atoms with Gasteiger partial charge in [-0.05, 0) is 64.3 Å². The van der Waals surface area contributed by atoms with E-state index >= 15 is 8.78 Å². The van der Waals surface area contributed by atoms with Crippen molar-refractivity contribution in [1.82, 2.24) is 24.7 Å². The van der Waals surface area contributed by atoms with Gasteiger partial charge in [0.05, 0.1) is 27.2 Å². The zero-order valence-electron chi connectivity index (χ0n) is 27.8. The molecule has 11 nitrogen and oxygen atoms in total. The number of aromatic nitrogens is 2. The summed E-state index contributed by atoms with van der Waals surface area (Å²) in [4.78, 5) is 30.9. The molecule has 0 radical (unpaired) electrons. The molecule has 2 amide bonds. The summed E-state index contributed by atoms with van der Waals surface area (Å²) < 4.78 is 45.2. The minimum atomic E-state index is -0.780. The molecule has 0 spiro atoms. The molecule has 1 unspecified atom stereocenters. The van der Waals surface area contributed by atoms with Crippen LogP contribution in [-0.2, 0) is 0 Å². The fourth-order valence-electron chi connectivity index (χ4n) is 7.95. The second-order valence-electron chi connectivity index (χ2n) is 13.6. The highest BCUT2D eigenvalue weighted by molar-refractivity contribution is 7.23. The highest BCUT2D eigenvalue weighted by Crippen LogP contribution is 2.51. The van der Waals surface area contributed by atoms with Crippen molar-refractivity contribution >= 4 is 60.8 Å². The van der Waals surface area contributed by atoms with Crippen LogP contribution in [0.3, 0.4) is 0 Å². The molecule has 2 aromatic heterocycles. The molecule has 2 N–H and O–H groups in total. The number of amides is 2. The van der Waals surface area contributed by atoms with Crippen molar-refractivity contribution in [2.24, 2.45) is 0 Å². The number of carbonyl (C=O) groups excluding carboxylic acids is 1. The number of benzene rings is 2. The molecule has 15 heteroatoms. The van der Waals surface area contributed by atoms with Gasteiger partial charge in [-0.1, -0.05) is 17.7 Å². The minimum absolute atomic E-state index is 0.0105. The van der Waals surface area contributed by atoms with Crippen LogP contribution in [0, 0.1) is 23.0 Å². The van der Waals surface area contributed by atoms with Gasteiger partial charge in [0.1, 0.15) is 40.9 Å². The van der Waals surface area contributed by atoms with Crippen LogP contribution >= 0.6 is 22.9 Å². The largest absolute Gasteiger partial charge is 0.489 e. The Morgan fingerprint density at radius 1 is 1.12 bits per heavy atom. The first-order valence-corrected chi connectivity index (χ1v) is 18.3. The number of anilines is 2. The number of piperidine rings is 1. The van der Waals surface area contributed by atoms with Gasteiger partial charge in [-0.25, -0.2) is 13.6 Å². The lowest BCUT2D eigenvalue weighted by atomic mass is 9.96. The number of fused-ring (bicyclic) bond motifs is 1. The van der Waals surface area contributed by atoms with Gasteiger partial charge < -0.3 is 29.9 Å². The Balaban J connectivity index is 1.31. The minimum Gasteiger partial charge on any atom is -0.489 e. The Morgan fingerprint density at radius 2 is 1.90 bits per heavy atom. The zero-order chi connectivity index (χ0) is 34.8. The summed E-state index contributed by atoms with van der Waals surface area (Å²) in [5, 5.41) is 10.5. The lowest BCUT2D eigenvalue weighted by Gasteiger charge is -2.43. The fourth-order valence-corrected chi connectivity index (χ4v) is 9.23. The maximum absolute atomic E-state index is 17.3. The van der Waals surface area contributed by atoms with Crippen LogP contribution in [0.4, 0.5) is 24.4 Å². The number of hydrogen-bond acceptors (Lipinski definition) is 10. The Bertz CT molecular complexity index is 2070. The first-order valence-electron chi connectivity index (χ1n) is 17.1. The number of thiophene rings is 1. The molecule has 50 heavy (non-hydrogen) atoms. The third kappa shape index (κ3) is 5.32. The summed E-state index contributed by atoms with van der Waals surface area (Å²) in [6.07, 6.45) is 4.31. The number of ether oxygens (including phenoxy) is 2. The van der Waals surface area contributed by atoms with Crippen LogP contribution in [0.25, 0.3) is 32.1 Å². The third-order valence-electron chi connectivity index (χ3n) is 10.6. The number of urea groups is 1. The summed E-state index contributed by atoms with van der Waals surface area (Å²) >= 11 is 8.02. The SMILES string of the molecule is C[C@H](Oc1nc2c3c(c(Cl)c(-c4ccc(F)c5sc(N)c(C#N)c45)c(F)c3n1)OCCN2C1CCCN(C(=O)N2CCC2)C1)[C@@H]1CCCN1C. The molecule has 0 bridgehead atoms. The van der Waals surface area contributed by atoms with Crippen LogP contribution in [0.5, 0.6) is 11.8 Å². The molecule has 4 aliphatic rings. The van der Waals surface area contributed by atoms with Crippen molar-refractivity contribution in [3.05, 3.63) is 34.4 Å². The normalized spacial score (nSPS) is 21.6. The monoisotopic (exact) mass is 722 g/mol. The average Bonchev–Trinajstić information content (AvgIpc) is 3.60. The Morgan fingerprint density at radius 3 is 2.62 bits per heavy atom. The second kappa shape index (κ2) is 12.9. The lowest BCUT2D eigenvalue weighted by Crippen LogP contribution is -2.56. The van der Waals surface area contributed by atoms with E-state index in [2.05, 4.69) is 27.9 Å². The Labute approximate surface area is 297 Å². The molecule has 4 aromatic rings. The van der Waals surface area contributed by atoms with Crippen molar-refractivity contribution in [1.29, 1.82) is 5.26 Å². The molecule has 3 atom stereocenters. The first-order chi connectivity index (χ1) is 24.2. The molecule has 0 saturated carbocycles. The van der Waals surface area contributed by atoms with Crippen molar-refractivity contribution in [3.8, 4) is 29.0 Å². The van der Waals surface area contributed by atoms with E-state index in [-0.39, 0.29) is 84.9 Å². The van der Waals surface area contributed by atoms with E-state index in [0.29, 0.717) is 30.8 Å². The molecule has 262 valence electrons. The summed E-state index contributed by atoms with van der Waals surface area (Å²) in [5.41, 5.74) is 6.23. The number of likely N-dealkylation sites (tertiary alicyclic amines) is 3. The molecule has 4 aliphatic heterocycles. The molecular formula is C35H37ClF2N8O3S. The first kappa shape index (κ1) is 33.0. The number of likely N-dealkylation sites (N-methyl/N-ethyl adjacent to an activating group) is 1. The second-order valence-corrected chi connectivity index (χ2v) is 15.0. The predicted octanol–water partition coefficient (Wildman–Crippen LogP) is 6.25.